The molecule has 0 bridgehead atoms. The van der Waals surface area contributed by atoms with Crippen LogP contribution in [0, 0.1) is 0 Å². The van der Waals surface area contributed by atoms with Gasteiger partial charge in [-0.1, -0.05) is 29.8 Å². The first-order valence-electron chi connectivity index (χ1n) is 7.67. The number of nitrogens with one attached hydrogen (secondary N) is 1. The fourth-order valence-corrected chi connectivity index (χ4v) is 2.81. The monoisotopic (exact) mass is 344 g/mol. The summed E-state index contributed by atoms with van der Waals surface area (Å²) in [5, 5.41) is 3.54. The van der Waals surface area contributed by atoms with Gasteiger partial charge >= 0.3 is 5.76 Å². The first-order valence-corrected chi connectivity index (χ1v) is 8.05. The Bertz CT molecular complexity index is 943. The smallest absolute Gasteiger partial charge is 0.408 e. The maximum absolute atomic E-state index is 12.1. The zero-order chi connectivity index (χ0) is 17.1. The molecule has 5 nitrogen and oxygen atoms in total. The lowest BCUT2D eigenvalue weighted by Gasteiger charge is -2.06. The van der Waals surface area contributed by atoms with Crippen molar-refractivity contribution in [1.82, 2.24) is 4.57 Å². The number of carbonyl (C=O) groups is 1. The Balaban J connectivity index is 1.59. The molecule has 24 heavy (non-hydrogen) atoms. The van der Waals surface area contributed by atoms with Gasteiger partial charge in [0.05, 0.1) is 5.52 Å². The van der Waals surface area contributed by atoms with E-state index in [1.165, 1.54) is 4.57 Å². The van der Waals surface area contributed by atoms with Crippen LogP contribution >= 0.6 is 11.6 Å². The molecule has 3 rings (SSSR count). The molecule has 0 aliphatic heterocycles. The van der Waals surface area contributed by atoms with Crippen LogP contribution in [0.3, 0.4) is 0 Å². The van der Waals surface area contributed by atoms with Crippen LogP contribution in [0.1, 0.15) is 18.4 Å². The molecule has 0 saturated carbocycles. The zero-order valence-corrected chi connectivity index (χ0v) is 14.0. The van der Waals surface area contributed by atoms with E-state index in [9.17, 15) is 9.59 Å². The first-order chi connectivity index (χ1) is 11.5. The average Bonchev–Trinajstić information content (AvgIpc) is 2.83. The zero-order valence-electron chi connectivity index (χ0n) is 13.2. The normalized spacial score (nSPS) is 10.9. The van der Waals surface area contributed by atoms with E-state index >= 15 is 0 Å². The van der Waals surface area contributed by atoms with Crippen LogP contribution in [-0.4, -0.2) is 10.5 Å². The number of rotatable bonds is 5. The van der Waals surface area contributed by atoms with Crippen molar-refractivity contribution in [1.29, 1.82) is 0 Å². The molecule has 1 aromatic heterocycles. The van der Waals surface area contributed by atoms with Gasteiger partial charge in [-0.25, -0.2) is 4.79 Å². The summed E-state index contributed by atoms with van der Waals surface area (Å²) in [4.78, 5) is 23.5. The number of benzene rings is 2. The van der Waals surface area contributed by atoms with Crippen molar-refractivity contribution in [2.45, 2.75) is 19.3 Å². The number of aryl methyl sites for hydroxylation is 2. The highest BCUT2D eigenvalue weighted by atomic mass is 35.5. The van der Waals surface area contributed by atoms with E-state index in [-0.39, 0.29) is 5.91 Å². The second-order valence-electron chi connectivity index (χ2n) is 5.60. The lowest BCUT2D eigenvalue weighted by atomic mass is 10.1. The third kappa shape index (κ3) is 3.51. The lowest BCUT2D eigenvalue weighted by molar-refractivity contribution is -0.116. The van der Waals surface area contributed by atoms with Crippen LogP contribution in [0.5, 0.6) is 0 Å². The molecule has 3 aromatic rings. The van der Waals surface area contributed by atoms with E-state index in [1.807, 2.05) is 24.3 Å². The van der Waals surface area contributed by atoms with Gasteiger partial charge in [-0.15, -0.1) is 0 Å². The van der Waals surface area contributed by atoms with Crippen molar-refractivity contribution < 1.29 is 9.21 Å². The molecular formula is C18H17ClN2O3. The standard InChI is InChI=1S/C18H17ClN2O3/c1-21-15-10-9-13(11-16(15)24-18(21)23)20-17(22)8-4-6-12-5-2-3-7-14(12)19/h2-3,5,7,9-11H,4,6,8H2,1H3,(H,20,22). The second-order valence-corrected chi connectivity index (χ2v) is 6.01. The van der Waals surface area contributed by atoms with Crippen molar-refractivity contribution in [3.05, 3.63) is 63.6 Å². The van der Waals surface area contributed by atoms with Gasteiger partial charge in [0, 0.05) is 30.2 Å². The Morgan fingerprint density at radius 1 is 1.25 bits per heavy atom. The van der Waals surface area contributed by atoms with Crippen molar-refractivity contribution >= 4 is 34.3 Å². The Labute approximate surface area is 143 Å². The lowest BCUT2D eigenvalue weighted by Crippen LogP contribution is -2.11. The van der Waals surface area contributed by atoms with Crippen LogP contribution in [0.15, 0.2) is 51.7 Å². The minimum Gasteiger partial charge on any atom is -0.408 e. The van der Waals surface area contributed by atoms with Crippen molar-refractivity contribution in [2.75, 3.05) is 5.32 Å². The molecule has 6 heteroatoms. The van der Waals surface area contributed by atoms with Gasteiger partial charge in [0.2, 0.25) is 5.91 Å². The van der Waals surface area contributed by atoms with Gasteiger partial charge in [-0.05, 0) is 36.6 Å². The molecule has 0 fully saturated rings. The molecule has 1 N–H and O–H groups in total. The van der Waals surface area contributed by atoms with Gasteiger partial charge in [-0.2, -0.15) is 0 Å². The molecule has 1 heterocycles. The molecule has 0 spiro atoms. The van der Waals surface area contributed by atoms with Crippen molar-refractivity contribution in [2.24, 2.45) is 7.05 Å². The van der Waals surface area contributed by atoms with Crippen LogP contribution in [0.2, 0.25) is 5.02 Å². The molecule has 0 saturated heterocycles. The molecule has 0 unspecified atom stereocenters. The van der Waals surface area contributed by atoms with Gasteiger partial charge in [0.25, 0.3) is 0 Å². The SMILES string of the molecule is Cn1c(=O)oc2cc(NC(=O)CCCc3ccccc3Cl)ccc21. The summed E-state index contributed by atoms with van der Waals surface area (Å²) >= 11 is 6.10. The first kappa shape index (κ1) is 16.3. The van der Waals surface area contributed by atoms with Gasteiger partial charge in [0.15, 0.2) is 5.58 Å². The highest BCUT2D eigenvalue weighted by Crippen LogP contribution is 2.19. The minimum atomic E-state index is -0.423. The van der Waals surface area contributed by atoms with Gasteiger partial charge in [0.1, 0.15) is 0 Å². The summed E-state index contributed by atoms with van der Waals surface area (Å²) in [6.45, 7) is 0. The van der Waals surface area contributed by atoms with Gasteiger partial charge in [-0.3, -0.25) is 9.36 Å². The number of amides is 1. The van der Waals surface area contributed by atoms with E-state index < -0.39 is 5.76 Å². The average molecular weight is 345 g/mol. The van der Waals surface area contributed by atoms with Crippen molar-refractivity contribution in [3.63, 3.8) is 0 Å². The van der Waals surface area contributed by atoms with E-state index in [0.29, 0.717) is 29.6 Å². The predicted octanol–water partition coefficient (Wildman–Crippen LogP) is 3.75. The quantitative estimate of drug-likeness (QED) is 0.766. The maximum Gasteiger partial charge on any atom is 0.419 e. The number of nitrogens with zero attached hydrogens (tertiary/aromatic N) is 1. The Hall–Kier alpha value is -2.53. The largest absolute Gasteiger partial charge is 0.419 e. The molecule has 2 aromatic carbocycles. The number of oxazole rings is 1. The number of halogens is 1. The number of anilines is 1. The Morgan fingerprint density at radius 3 is 2.83 bits per heavy atom. The highest BCUT2D eigenvalue weighted by Gasteiger charge is 2.09. The second kappa shape index (κ2) is 6.93. The van der Waals surface area contributed by atoms with Crippen LogP contribution in [-0.2, 0) is 18.3 Å². The summed E-state index contributed by atoms with van der Waals surface area (Å²) in [6.07, 6.45) is 1.85. The summed E-state index contributed by atoms with van der Waals surface area (Å²) in [5.74, 6) is -0.507. The summed E-state index contributed by atoms with van der Waals surface area (Å²) in [7, 11) is 1.64. The van der Waals surface area contributed by atoms with E-state index in [4.69, 9.17) is 16.0 Å². The van der Waals surface area contributed by atoms with Crippen molar-refractivity contribution in [3.8, 4) is 0 Å². The Kier molecular flexibility index (Phi) is 4.71. The molecule has 0 radical (unpaired) electrons. The molecule has 0 aliphatic carbocycles. The minimum absolute atomic E-state index is 0.0836. The summed E-state index contributed by atoms with van der Waals surface area (Å²) in [5.41, 5.74) is 2.80. The fraction of sp³-hybridized carbons (Fsp3) is 0.222. The van der Waals surface area contributed by atoms with E-state index in [2.05, 4.69) is 5.32 Å². The fourth-order valence-electron chi connectivity index (χ4n) is 2.58. The van der Waals surface area contributed by atoms with Crippen LogP contribution in [0.4, 0.5) is 5.69 Å². The predicted molar refractivity (Wildman–Crippen MR) is 94.5 cm³/mol. The van der Waals surface area contributed by atoms with Gasteiger partial charge < -0.3 is 9.73 Å². The highest BCUT2D eigenvalue weighted by molar-refractivity contribution is 6.31. The molecule has 124 valence electrons. The molecular weight excluding hydrogens is 328 g/mol. The Morgan fingerprint density at radius 2 is 2.04 bits per heavy atom. The summed E-state index contributed by atoms with van der Waals surface area (Å²) < 4.78 is 6.54. The third-order valence-electron chi connectivity index (χ3n) is 3.88. The van der Waals surface area contributed by atoms with E-state index in [1.54, 1.807) is 25.2 Å². The molecule has 0 atom stereocenters. The number of carbonyl (C=O) groups excluding carboxylic acids is 1. The summed E-state index contributed by atoms with van der Waals surface area (Å²) in [6, 6.07) is 12.8. The third-order valence-corrected chi connectivity index (χ3v) is 4.25. The molecule has 1 amide bonds. The maximum atomic E-state index is 12.1. The topological polar surface area (TPSA) is 64.2 Å². The number of hydrogen-bond donors (Lipinski definition) is 1. The number of aromatic nitrogens is 1. The number of hydrogen-bond acceptors (Lipinski definition) is 3. The number of fused-ring (bicyclic) bond motifs is 1. The van der Waals surface area contributed by atoms with E-state index in [0.717, 1.165) is 17.0 Å². The van der Waals surface area contributed by atoms with Crippen LogP contribution in [0.25, 0.3) is 11.1 Å². The van der Waals surface area contributed by atoms with Crippen LogP contribution < -0.4 is 11.1 Å². The molecule has 0 aliphatic rings.